The number of rotatable bonds is 6. The van der Waals surface area contributed by atoms with Crippen molar-refractivity contribution in [2.24, 2.45) is 0 Å². The Kier molecular flexibility index (Phi) is 5.56. The summed E-state index contributed by atoms with van der Waals surface area (Å²) in [6.45, 7) is 6.18. The number of carbonyl (C=O) groups excluding carboxylic acids is 1. The van der Waals surface area contributed by atoms with Crippen LogP contribution in [0.5, 0.6) is 0 Å². The van der Waals surface area contributed by atoms with Gasteiger partial charge in [-0.25, -0.2) is 9.78 Å². The zero-order valence-corrected chi connectivity index (χ0v) is 10.2. The van der Waals surface area contributed by atoms with E-state index in [1.54, 1.807) is 6.20 Å². The summed E-state index contributed by atoms with van der Waals surface area (Å²) in [4.78, 5) is 15.6. The second kappa shape index (κ2) is 7.00. The quantitative estimate of drug-likeness (QED) is 0.748. The highest BCUT2D eigenvalue weighted by Crippen LogP contribution is 2.02. The van der Waals surface area contributed by atoms with Gasteiger partial charge < -0.3 is 10.6 Å². The fraction of sp³-hybridized carbons (Fsp3) is 0.455. The van der Waals surface area contributed by atoms with Crippen molar-refractivity contribution in [1.29, 1.82) is 0 Å². The highest BCUT2D eigenvalue weighted by atomic mass is 32.1. The Morgan fingerprint density at radius 2 is 2.56 bits per heavy atom. The van der Waals surface area contributed by atoms with Gasteiger partial charge >= 0.3 is 6.03 Å². The maximum atomic E-state index is 11.5. The number of thiazole rings is 1. The summed E-state index contributed by atoms with van der Waals surface area (Å²) in [5, 5.41) is 8.46. The molecule has 0 aliphatic carbocycles. The lowest BCUT2D eigenvalue weighted by molar-refractivity contribution is 0.236. The number of aromatic nitrogens is 1. The van der Waals surface area contributed by atoms with Gasteiger partial charge in [-0.1, -0.05) is 13.0 Å². The molecule has 0 bridgehead atoms. The first-order chi connectivity index (χ1) is 7.76. The van der Waals surface area contributed by atoms with Crippen LogP contribution in [-0.4, -0.2) is 17.1 Å². The zero-order chi connectivity index (χ0) is 11.8. The Hall–Kier alpha value is -1.36. The Morgan fingerprint density at radius 1 is 1.75 bits per heavy atom. The Bertz CT molecular complexity index is 324. The van der Waals surface area contributed by atoms with Gasteiger partial charge in [0.25, 0.3) is 0 Å². The van der Waals surface area contributed by atoms with Crippen LogP contribution >= 0.6 is 11.3 Å². The van der Waals surface area contributed by atoms with Crippen molar-refractivity contribution in [2.45, 2.75) is 32.4 Å². The third kappa shape index (κ3) is 4.44. The largest absolute Gasteiger partial charge is 0.335 e. The van der Waals surface area contributed by atoms with Crippen LogP contribution in [-0.2, 0) is 6.54 Å². The van der Waals surface area contributed by atoms with E-state index in [2.05, 4.69) is 22.2 Å². The first kappa shape index (κ1) is 12.7. The van der Waals surface area contributed by atoms with Gasteiger partial charge in [-0.15, -0.1) is 17.9 Å². The lowest BCUT2D eigenvalue weighted by atomic mass is 10.1. The molecule has 1 atom stereocenters. The molecule has 0 unspecified atom stereocenters. The molecule has 4 nitrogen and oxygen atoms in total. The molecule has 16 heavy (non-hydrogen) atoms. The van der Waals surface area contributed by atoms with E-state index >= 15 is 0 Å². The summed E-state index contributed by atoms with van der Waals surface area (Å²) in [6.07, 6.45) is 5.24. The van der Waals surface area contributed by atoms with E-state index in [1.165, 1.54) is 11.3 Å². The van der Waals surface area contributed by atoms with Crippen molar-refractivity contribution in [3.8, 4) is 0 Å². The summed E-state index contributed by atoms with van der Waals surface area (Å²) in [6, 6.07) is 0.0118. The van der Waals surface area contributed by atoms with Gasteiger partial charge in [-0.2, -0.15) is 0 Å². The summed E-state index contributed by atoms with van der Waals surface area (Å²) in [5.74, 6) is 0. The van der Waals surface area contributed by atoms with E-state index in [4.69, 9.17) is 0 Å². The molecular formula is C11H17N3OS. The monoisotopic (exact) mass is 239 g/mol. The summed E-state index contributed by atoms with van der Waals surface area (Å²) < 4.78 is 0. The molecule has 0 aliphatic heterocycles. The minimum absolute atomic E-state index is 0.149. The van der Waals surface area contributed by atoms with Gasteiger partial charge in [0.1, 0.15) is 5.01 Å². The van der Waals surface area contributed by atoms with Gasteiger partial charge in [-0.3, -0.25) is 0 Å². The van der Waals surface area contributed by atoms with Gasteiger partial charge in [0, 0.05) is 17.6 Å². The number of nitrogens with one attached hydrogen (secondary N) is 2. The van der Waals surface area contributed by atoms with Gasteiger partial charge in [0.2, 0.25) is 0 Å². The smallest absolute Gasteiger partial charge is 0.315 e. The van der Waals surface area contributed by atoms with Crippen LogP contribution in [0.3, 0.4) is 0 Å². The molecule has 1 heterocycles. The fourth-order valence-electron chi connectivity index (χ4n) is 1.26. The molecule has 0 saturated heterocycles. The molecular weight excluding hydrogens is 222 g/mol. The SMILES string of the molecule is C=CC[C@@H](CC)NC(=O)NCc1nccs1. The molecule has 1 rings (SSSR count). The van der Waals surface area contributed by atoms with Crippen LogP contribution in [0.25, 0.3) is 0 Å². The molecule has 0 aromatic carbocycles. The molecule has 0 fully saturated rings. The van der Waals surface area contributed by atoms with E-state index in [0.29, 0.717) is 6.54 Å². The minimum atomic E-state index is -0.149. The number of urea groups is 1. The normalized spacial score (nSPS) is 11.8. The average Bonchev–Trinajstić information content (AvgIpc) is 2.78. The summed E-state index contributed by atoms with van der Waals surface area (Å²) in [5.41, 5.74) is 0. The van der Waals surface area contributed by atoms with Gasteiger partial charge in [-0.05, 0) is 12.8 Å². The Balaban J connectivity index is 2.26. The van der Waals surface area contributed by atoms with E-state index in [9.17, 15) is 4.79 Å². The zero-order valence-electron chi connectivity index (χ0n) is 9.40. The van der Waals surface area contributed by atoms with Crippen LogP contribution in [0, 0.1) is 0 Å². The van der Waals surface area contributed by atoms with E-state index < -0.39 is 0 Å². The lowest BCUT2D eigenvalue weighted by Crippen LogP contribution is -2.41. The molecule has 1 aromatic heterocycles. The molecule has 88 valence electrons. The van der Waals surface area contributed by atoms with E-state index in [-0.39, 0.29) is 12.1 Å². The second-order valence-electron chi connectivity index (χ2n) is 3.38. The lowest BCUT2D eigenvalue weighted by Gasteiger charge is -2.15. The molecule has 2 amide bonds. The number of hydrogen-bond donors (Lipinski definition) is 2. The molecule has 1 aromatic rings. The van der Waals surface area contributed by atoms with Crippen LogP contribution in [0.15, 0.2) is 24.2 Å². The number of nitrogens with zero attached hydrogens (tertiary/aromatic N) is 1. The molecule has 5 heteroatoms. The molecule has 0 spiro atoms. The fourth-order valence-corrected chi connectivity index (χ4v) is 1.82. The van der Waals surface area contributed by atoms with E-state index in [1.807, 2.05) is 18.4 Å². The third-order valence-electron chi connectivity index (χ3n) is 2.16. The van der Waals surface area contributed by atoms with Crippen LogP contribution in [0.1, 0.15) is 24.8 Å². The summed E-state index contributed by atoms with van der Waals surface area (Å²) >= 11 is 1.53. The number of hydrogen-bond acceptors (Lipinski definition) is 3. The maximum absolute atomic E-state index is 11.5. The predicted octanol–water partition coefficient (Wildman–Crippen LogP) is 2.30. The van der Waals surface area contributed by atoms with Crippen molar-refractivity contribution in [2.75, 3.05) is 0 Å². The molecule has 0 aliphatic rings. The highest BCUT2D eigenvalue weighted by molar-refractivity contribution is 7.09. The second-order valence-corrected chi connectivity index (χ2v) is 4.36. The van der Waals surface area contributed by atoms with Crippen LogP contribution in [0.4, 0.5) is 4.79 Å². The van der Waals surface area contributed by atoms with Gasteiger partial charge in [0.15, 0.2) is 0 Å². The maximum Gasteiger partial charge on any atom is 0.315 e. The predicted molar refractivity (Wildman–Crippen MR) is 66.4 cm³/mol. The minimum Gasteiger partial charge on any atom is -0.335 e. The molecule has 0 radical (unpaired) electrons. The van der Waals surface area contributed by atoms with Crippen molar-refractivity contribution in [1.82, 2.24) is 15.6 Å². The number of carbonyl (C=O) groups is 1. The van der Waals surface area contributed by atoms with Crippen molar-refractivity contribution < 1.29 is 4.79 Å². The van der Waals surface area contributed by atoms with E-state index in [0.717, 1.165) is 17.8 Å². The first-order valence-corrected chi connectivity index (χ1v) is 6.17. The average molecular weight is 239 g/mol. The van der Waals surface area contributed by atoms with Crippen molar-refractivity contribution in [3.05, 3.63) is 29.2 Å². The van der Waals surface area contributed by atoms with Crippen LogP contribution < -0.4 is 10.6 Å². The standard InChI is InChI=1S/C11H17N3OS/c1-3-5-9(4-2)14-11(15)13-8-10-12-6-7-16-10/h3,6-7,9H,1,4-5,8H2,2H3,(H2,13,14,15)/t9-/m1/s1. The van der Waals surface area contributed by atoms with Crippen LogP contribution in [0.2, 0.25) is 0 Å². The summed E-state index contributed by atoms with van der Waals surface area (Å²) in [7, 11) is 0. The Labute approximate surface area is 99.8 Å². The third-order valence-corrected chi connectivity index (χ3v) is 2.94. The number of amides is 2. The first-order valence-electron chi connectivity index (χ1n) is 5.29. The highest BCUT2D eigenvalue weighted by Gasteiger charge is 2.08. The molecule has 0 saturated carbocycles. The Morgan fingerprint density at radius 3 is 3.12 bits per heavy atom. The van der Waals surface area contributed by atoms with Gasteiger partial charge in [0.05, 0.1) is 6.54 Å². The topological polar surface area (TPSA) is 54.0 Å². The van der Waals surface area contributed by atoms with Crippen molar-refractivity contribution in [3.63, 3.8) is 0 Å². The molecule has 2 N–H and O–H groups in total. The van der Waals surface area contributed by atoms with Crippen molar-refractivity contribution >= 4 is 17.4 Å².